The highest BCUT2D eigenvalue weighted by atomic mass is 16.5. The van der Waals surface area contributed by atoms with Gasteiger partial charge in [0.15, 0.2) is 0 Å². The molecule has 5 aliphatic carbocycles. The van der Waals surface area contributed by atoms with Crippen molar-refractivity contribution in [1.82, 2.24) is 0 Å². The molecule has 5 nitrogen and oxygen atoms in total. The maximum absolute atomic E-state index is 11.7. The van der Waals surface area contributed by atoms with Gasteiger partial charge in [-0.05, 0) is 111 Å². The third-order valence-corrected chi connectivity index (χ3v) is 12.6. The summed E-state index contributed by atoms with van der Waals surface area (Å²) in [6, 6.07) is 0. The minimum Gasteiger partial charge on any atom is -0.465 e. The quantitative estimate of drug-likeness (QED) is 0.171. The molecule has 0 amide bonds. The SMILES string of the molecule is C=CC.CC(=O)OCC12CCCC1C1CCC3C4(C)CC/C(=N\O)C(C)C4CCC3(C)[C@]1(C)CC2.CO. The molecule has 0 saturated heterocycles. The number of hydrogen-bond acceptors (Lipinski definition) is 5. The lowest BCUT2D eigenvalue weighted by Crippen LogP contribution is -2.65. The molecular formula is C32H55NO4. The van der Waals surface area contributed by atoms with E-state index in [1.807, 2.05) is 6.92 Å². The molecule has 0 aliphatic heterocycles. The number of allylic oxidation sites excluding steroid dienone is 1. The van der Waals surface area contributed by atoms with Gasteiger partial charge in [-0.25, -0.2) is 0 Å². The van der Waals surface area contributed by atoms with Crippen molar-refractivity contribution in [2.45, 2.75) is 112 Å². The van der Waals surface area contributed by atoms with Gasteiger partial charge in [0.1, 0.15) is 0 Å². The fourth-order valence-corrected chi connectivity index (χ4v) is 10.8. The Morgan fingerprint density at radius 2 is 1.68 bits per heavy atom. The predicted molar refractivity (Wildman–Crippen MR) is 151 cm³/mol. The Morgan fingerprint density at radius 1 is 1.00 bits per heavy atom. The van der Waals surface area contributed by atoms with Crippen LogP contribution in [-0.4, -0.2) is 35.7 Å². The van der Waals surface area contributed by atoms with E-state index in [2.05, 4.69) is 39.4 Å². The van der Waals surface area contributed by atoms with Gasteiger partial charge in [0, 0.05) is 25.4 Å². The number of hydrogen-bond donors (Lipinski definition) is 2. The van der Waals surface area contributed by atoms with Crippen LogP contribution >= 0.6 is 0 Å². The summed E-state index contributed by atoms with van der Waals surface area (Å²) >= 11 is 0. The minimum atomic E-state index is -0.113. The van der Waals surface area contributed by atoms with Gasteiger partial charge in [-0.3, -0.25) is 4.79 Å². The Morgan fingerprint density at radius 3 is 2.30 bits per heavy atom. The first-order valence-electron chi connectivity index (χ1n) is 14.9. The summed E-state index contributed by atoms with van der Waals surface area (Å²) in [5.41, 5.74) is 2.40. The highest BCUT2D eigenvalue weighted by molar-refractivity contribution is 5.87. The Labute approximate surface area is 226 Å². The van der Waals surface area contributed by atoms with E-state index in [1.54, 1.807) is 13.0 Å². The van der Waals surface area contributed by atoms with Crippen LogP contribution in [-0.2, 0) is 9.53 Å². The topological polar surface area (TPSA) is 79.1 Å². The van der Waals surface area contributed by atoms with Crippen LogP contribution in [0.5, 0.6) is 0 Å². The molecule has 9 atom stereocenters. The second-order valence-electron chi connectivity index (χ2n) is 13.7. The molecule has 0 spiro atoms. The summed E-state index contributed by atoms with van der Waals surface area (Å²) in [6.45, 7) is 17.7. The van der Waals surface area contributed by atoms with E-state index in [0.29, 0.717) is 34.7 Å². The van der Waals surface area contributed by atoms with E-state index in [9.17, 15) is 10.0 Å². The van der Waals surface area contributed by atoms with Crippen molar-refractivity contribution in [3.8, 4) is 0 Å². The van der Waals surface area contributed by atoms with Gasteiger partial charge in [-0.1, -0.05) is 45.3 Å². The van der Waals surface area contributed by atoms with E-state index in [4.69, 9.17) is 9.84 Å². The first-order valence-corrected chi connectivity index (χ1v) is 14.9. The van der Waals surface area contributed by atoms with Gasteiger partial charge in [-0.15, -0.1) is 6.58 Å². The summed E-state index contributed by atoms with van der Waals surface area (Å²) < 4.78 is 5.68. The second kappa shape index (κ2) is 11.4. The van der Waals surface area contributed by atoms with Crippen molar-refractivity contribution in [1.29, 1.82) is 0 Å². The van der Waals surface area contributed by atoms with E-state index in [-0.39, 0.29) is 11.4 Å². The van der Waals surface area contributed by atoms with Crippen LogP contribution in [0.15, 0.2) is 17.8 Å². The molecule has 2 N–H and O–H groups in total. The van der Waals surface area contributed by atoms with Crippen molar-refractivity contribution < 1.29 is 19.8 Å². The van der Waals surface area contributed by atoms with Crippen LogP contribution in [0.2, 0.25) is 0 Å². The molecule has 212 valence electrons. The number of oxime groups is 1. The second-order valence-corrected chi connectivity index (χ2v) is 13.7. The summed E-state index contributed by atoms with van der Waals surface area (Å²) in [5.74, 6) is 3.20. The molecular weight excluding hydrogens is 462 g/mol. The van der Waals surface area contributed by atoms with Gasteiger partial charge in [0.2, 0.25) is 0 Å². The highest BCUT2D eigenvalue weighted by Crippen LogP contribution is 2.75. The van der Waals surface area contributed by atoms with Crippen LogP contribution in [0.1, 0.15) is 112 Å². The monoisotopic (exact) mass is 517 g/mol. The number of nitrogens with zero attached hydrogens (tertiary/aromatic N) is 1. The minimum absolute atomic E-state index is 0.113. The third-order valence-electron chi connectivity index (χ3n) is 12.6. The molecule has 37 heavy (non-hydrogen) atoms. The van der Waals surface area contributed by atoms with E-state index < -0.39 is 0 Å². The number of aliphatic hydroxyl groups is 1. The zero-order chi connectivity index (χ0) is 27.6. The Balaban J connectivity index is 0.000000711. The predicted octanol–water partition coefficient (Wildman–Crippen LogP) is 7.65. The summed E-state index contributed by atoms with van der Waals surface area (Å²) in [6.07, 6.45) is 15.6. The number of esters is 1. The van der Waals surface area contributed by atoms with Crippen molar-refractivity contribution in [2.75, 3.05) is 13.7 Å². The van der Waals surface area contributed by atoms with E-state index in [0.717, 1.165) is 37.0 Å². The zero-order valence-corrected chi connectivity index (χ0v) is 24.8. The molecule has 0 radical (unpaired) electrons. The van der Waals surface area contributed by atoms with Crippen LogP contribution < -0.4 is 0 Å². The normalized spacial score (nSPS) is 46.9. The molecule has 5 aliphatic rings. The molecule has 5 fully saturated rings. The number of carbonyl (C=O) groups excluding carboxylic acids is 1. The Hall–Kier alpha value is -1.36. The number of aliphatic hydroxyl groups excluding tert-OH is 1. The maximum Gasteiger partial charge on any atom is 0.302 e. The molecule has 5 saturated carbocycles. The van der Waals surface area contributed by atoms with Crippen molar-refractivity contribution in [3.63, 3.8) is 0 Å². The highest BCUT2D eigenvalue weighted by Gasteiger charge is 2.68. The fourth-order valence-electron chi connectivity index (χ4n) is 10.8. The molecule has 0 heterocycles. The van der Waals surface area contributed by atoms with Crippen LogP contribution in [0, 0.1) is 51.2 Å². The van der Waals surface area contributed by atoms with Gasteiger partial charge in [0.25, 0.3) is 0 Å². The van der Waals surface area contributed by atoms with Gasteiger partial charge in [-0.2, -0.15) is 0 Å². The maximum atomic E-state index is 11.7. The first-order chi connectivity index (χ1) is 17.5. The smallest absolute Gasteiger partial charge is 0.302 e. The zero-order valence-electron chi connectivity index (χ0n) is 24.8. The fraction of sp³-hybridized carbons (Fsp3) is 0.875. The van der Waals surface area contributed by atoms with Crippen LogP contribution in [0.4, 0.5) is 0 Å². The Kier molecular flexibility index (Phi) is 9.30. The molecule has 0 bridgehead atoms. The largest absolute Gasteiger partial charge is 0.465 e. The molecule has 0 aromatic heterocycles. The lowest BCUT2D eigenvalue weighted by Gasteiger charge is -2.71. The van der Waals surface area contributed by atoms with E-state index >= 15 is 0 Å². The standard InChI is InChI=1S/C28H45NO3.C3H6.CH4O/c1-18-20-10-14-27(5)24(25(20,3)13-11-23(18)29-31)9-8-21-22-7-6-12-28(22,17-32-19(2)30)16-15-26(21,27)4;1-3-2;1-2/h18,20-22,24,31H,6-17H2,1-5H3;3H,1H2,2H3;2H,1H3/b29-23+;;/t18?,20?,21?,22?,24?,25?,26-,27?,28?;;/m1../s1. The van der Waals surface area contributed by atoms with Crippen LogP contribution in [0.25, 0.3) is 0 Å². The van der Waals surface area contributed by atoms with Crippen molar-refractivity contribution in [2.24, 2.45) is 56.4 Å². The van der Waals surface area contributed by atoms with Gasteiger partial charge >= 0.3 is 5.97 Å². The molecule has 5 heteroatoms. The van der Waals surface area contributed by atoms with Crippen LogP contribution in [0.3, 0.4) is 0 Å². The average molecular weight is 518 g/mol. The van der Waals surface area contributed by atoms with Gasteiger partial charge < -0.3 is 15.1 Å². The van der Waals surface area contributed by atoms with E-state index in [1.165, 1.54) is 64.2 Å². The summed E-state index contributed by atoms with van der Waals surface area (Å²) in [5, 5.41) is 20.3. The van der Waals surface area contributed by atoms with Crippen molar-refractivity contribution in [3.05, 3.63) is 12.7 Å². The summed E-state index contributed by atoms with van der Waals surface area (Å²) in [4.78, 5) is 11.7. The molecule has 0 aromatic rings. The number of rotatable bonds is 2. The number of fused-ring (bicyclic) bond motifs is 7. The first kappa shape index (κ1) is 30.2. The molecule has 0 aromatic carbocycles. The Bertz CT molecular complexity index is 856. The number of carbonyl (C=O) groups is 1. The molecule has 8 unspecified atom stereocenters. The third kappa shape index (κ3) is 4.70. The van der Waals surface area contributed by atoms with Crippen molar-refractivity contribution >= 4 is 11.7 Å². The lowest BCUT2D eigenvalue weighted by atomic mass is 9.33. The number of ether oxygens (including phenoxy) is 1. The molecule has 5 rings (SSSR count). The summed E-state index contributed by atoms with van der Waals surface area (Å²) in [7, 11) is 1.00. The lowest BCUT2D eigenvalue weighted by molar-refractivity contribution is -0.224. The van der Waals surface area contributed by atoms with Gasteiger partial charge in [0.05, 0.1) is 12.3 Å². The average Bonchev–Trinajstić information content (AvgIpc) is 3.29.